The summed E-state index contributed by atoms with van der Waals surface area (Å²) >= 11 is 0. The number of aliphatic hydroxyl groups is 1. The Morgan fingerprint density at radius 3 is 2.50 bits per heavy atom. The van der Waals surface area contributed by atoms with Crippen LogP contribution in [-0.2, 0) is 18.7 Å². The minimum absolute atomic E-state index is 0.307. The first-order valence-corrected chi connectivity index (χ1v) is 11.1. The summed E-state index contributed by atoms with van der Waals surface area (Å²) in [7, 11) is 0. The zero-order valence-corrected chi connectivity index (χ0v) is 18.6. The van der Waals surface area contributed by atoms with Crippen LogP contribution in [0.2, 0.25) is 0 Å². The van der Waals surface area contributed by atoms with E-state index in [0.717, 1.165) is 18.8 Å². The first-order chi connectivity index (χ1) is 14.5. The number of guanidine groups is 1. The highest BCUT2D eigenvalue weighted by molar-refractivity contribution is 5.79. The molecule has 6 nitrogen and oxygen atoms in total. The minimum Gasteiger partial charge on any atom is -0.463 e. The summed E-state index contributed by atoms with van der Waals surface area (Å²) in [5.41, 5.74) is 1.47. The molecule has 0 bridgehead atoms. The van der Waals surface area contributed by atoms with Gasteiger partial charge in [0.15, 0.2) is 5.96 Å². The summed E-state index contributed by atoms with van der Waals surface area (Å²) in [6.07, 6.45) is 3.94. The molecule has 164 valence electrons. The maximum atomic E-state index is 10.8. The normalized spacial score (nSPS) is 17.5. The number of hydrogen-bond acceptors (Lipinski definition) is 4. The summed E-state index contributed by atoms with van der Waals surface area (Å²) < 4.78 is 5.60. The minimum atomic E-state index is -1.11. The van der Waals surface area contributed by atoms with Crippen molar-refractivity contribution in [3.05, 3.63) is 59.0 Å². The van der Waals surface area contributed by atoms with Gasteiger partial charge in [0.05, 0.1) is 13.1 Å². The smallest absolute Gasteiger partial charge is 0.191 e. The van der Waals surface area contributed by atoms with Crippen LogP contribution in [0.15, 0.2) is 45.8 Å². The van der Waals surface area contributed by atoms with Gasteiger partial charge in [0.1, 0.15) is 17.1 Å². The maximum absolute atomic E-state index is 10.8. The number of hydrogen-bond donors (Lipinski definition) is 3. The second-order valence-corrected chi connectivity index (χ2v) is 8.34. The van der Waals surface area contributed by atoms with E-state index >= 15 is 0 Å². The van der Waals surface area contributed by atoms with E-state index in [2.05, 4.69) is 39.8 Å². The van der Waals surface area contributed by atoms with Crippen molar-refractivity contribution in [3.63, 3.8) is 0 Å². The van der Waals surface area contributed by atoms with Crippen molar-refractivity contribution in [3.8, 4) is 0 Å². The molecule has 2 aromatic rings. The van der Waals surface area contributed by atoms with Crippen LogP contribution in [0, 0.1) is 6.92 Å². The predicted octanol–water partition coefficient (Wildman–Crippen LogP) is 3.54. The third-order valence-corrected chi connectivity index (χ3v) is 5.58. The lowest BCUT2D eigenvalue weighted by molar-refractivity contribution is 0.0378. The molecule has 6 heteroatoms. The molecule has 0 aliphatic carbocycles. The maximum Gasteiger partial charge on any atom is 0.191 e. The average Bonchev–Trinajstić information content (AvgIpc) is 3.19. The largest absolute Gasteiger partial charge is 0.463 e. The molecule has 1 aromatic carbocycles. The van der Waals surface area contributed by atoms with Crippen LogP contribution < -0.4 is 10.6 Å². The van der Waals surface area contributed by atoms with E-state index in [1.165, 1.54) is 43.5 Å². The number of aryl methyl sites for hydroxylation is 1. The molecular formula is C24H36N4O2. The molecule has 1 fully saturated rings. The number of benzene rings is 1. The summed E-state index contributed by atoms with van der Waals surface area (Å²) in [6.45, 7) is 10.7. The van der Waals surface area contributed by atoms with Gasteiger partial charge in [0.2, 0.25) is 0 Å². The van der Waals surface area contributed by atoms with Crippen LogP contribution in [-0.4, -0.2) is 42.1 Å². The third-order valence-electron chi connectivity index (χ3n) is 5.58. The Balaban J connectivity index is 1.64. The molecule has 3 N–H and O–H groups in total. The average molecular weight is 413 g/mol. The van der Waals surface area contributed by atoms with Crippen LogP contribution in [0.3, 0.4) is 0 Å². The van der Waals surface area contributed by atoms with Gasteiger partial charge in [0, 0.05) is 13.1 Å². The van der Waals surface area contributed by atoms with E-state index in [-0.39, 0.29) is 0 Å². The fraction of sp³-hybridized carbons (Fsp3) is 0.542. The second-order valence-electron chi connectivity index (χ2n) is 8.34. The number of nitrogens with one attached hydrogen (secondary N) is 2. The van der Waals surface area contributed by atoms with Crippen molar-refractivity contribution < 1.29 is 9.52 Å². The number of aliphatic imine (C=N–C) groups is 1. The summed E-state index contributed by atoms with van der Waals surface area (Å²) in [5, 5.41) is 17.3. The highest BCUT2D eigenvalue weighted by Crippen LogP contribution is 2.22. The SMILES string of the molecule is CCNC(=NCc1ccccc1CN1CCCCC1)NCC(C)(O)c1ccc(C)o1. The Morgan fingerprint density at radius 2 is 1.83 bits per heavy atom. The van der Waals surface area contributed by atoms with Crippen LogP contribution in [0.1, 0.15) is 55.8 Å². The van der Waals surface area contributed by atoms with Crippen molar-refractivity contribution in [1.29, 1.82) is 0 Å². The van der Waals surface area contributed by atoms with Crippen molar-refractivity contribution in [2.75, 3.05) is 26.2 Å². The van der Waals surface area contributed by atoms with E-state index in [9.17, 15) is 5.11 Å². The lowest BCUT2D eigenvalue weighted by Gasteiger charge is -2.27. The molecule has 2 heterocycles. The molecule has 0 amide bonds. The van der Waals surface area contributed by atoms with Crippen molar-refractivity contribution in [2.45, 2.75) is 58.7 Å². The second kappa shape index (κ2) is 10.6. The van der Waals surface area contributed by atoms with E-state index in [0.29, 0.717) is 24.8 Å². The first-order valence-electron chi connectivity index (χ1n) is 11.1. The molecule has 1 atom stereocenters. The number of furan rings is 1. The van der Waals surface area contributed by atoms with Crippen molar-refractivity contribution >= 4 is 5.96 Å². The van der Waals surface area contributed by atoms with Crippen LogP contribution >= 0.6 is 0 Å². The highest BCUT2D eigenvalue weighted by atomic mass is 16.4. The van der Waals surface area contributed by atoms with Gasteiger partial charge >= 0.3 is 0 Å². The van der Waals surface area contributed by atoms with E-state index in [1.807, 2.05) is 26.0 Å². The van der Waals surface area contributed by atoms with Gasteiger partial charge in [-0.15, -0.1) is 0 Å². The first kappa shape index (κ1) is 22.4. The molecule has 1 aliphatic heterocycles. The topological polar surface area (TPSA) is 73.0 Å². The fourth-order valence-electron chi connectivity index (χ4n) is 3.80. The lowest BCUT2D eigenvalue weighted by Crippen LogP contribution is -2.44. The Labute approximate surface area is 180 Å². The van der Waals surface area contributed by atoms with Gasteiger partial charge < -0.3 is 20.2 Å². The molecule has 1 aromatic heterocycles. The quantitative estimate of drug-likeness (QED) is 0.457. The number of likely N-dealkylation sites (tertiary alicyclic amines) is 1. The van der Waals surface area contributed by atoms with E-state index < -0.39 is 5.60 Å². The molecular weight excluding hydrogens is 376 g/mol. The van der Waals surface area contributed by atoms with Gasteiger partial charge in [-0.05, 0) is 70.0 Å². The summed E-state index contributed by atoms with van der Waals surface area (Å²) in [6, 6.07) is 12.2. The Hall–Kier alpha value is -2.31. The molecule has 0 radical (unpaired) electrons. The van der Waals surface area contributed by atoms with Crippen molar-refractivity contribution in [2.24, 2.45) is 4.99 Å². The zero-order chi connectivity index (χ0) is 21.4. The summed E-state index contributed by atoms with van der Waals surface area (Å²) in [5.74, 6) is 2.03. The van der Waals surface area contributed by atoms with Gasteiger partial charge in [-0.25, -0.2) is 4.99 Å². The van der Waals surface area contributed by atoms with Crippen LogP contribution in [0.5, 0.6) is 0 Å². The molecule has 30 heavy (non-hydrogen) atoms. The van der Waals surface area contributed by atoms with Crippen molar-refractivity contribution in [1.82, 2.24) is 15.5 Å². The third kappa shape index (κ3) is 6.34. The van der Waals surface area contributed by atoms with E-state index in [1.54, 1.807) is 6.92 Å². The number of rotatable bonds is 8. The Bertz CT molecular complexity index is 822. The molecule has 1 aliphatic rings. The fourth-order valence-corrected chi connectivity index (χ4v) is 3.80. The van der Waals surface area contributed by atoms with Gasteiger partial charge in [-0.3, -0.25) is 4.90 Å². The van der Waals surface area contributed by atoms with Gasteiger partial charge in [-0.2, -0.15) is 0 Å². The van der Waals surface area contributed by atoms with Gasteiger partial charge in [-0.1, -0.05) is 30.7 Å². The summed E-state index contributed by atoms with van der Waals surface area (Å²) in [4.78, 5) is 7.31. The highest BCUT2D eigenvalue weighted by Gasteiger charge is 2.27. The standard InChI is InChI=1S/C24H36N4O2/c1-4-25-23(27-18-24(3,29)22-13-12-19(2)30-22)26-16-20-10-6-7-11-21(20)17-28-14-8-5-9-15-28/h6-7,10-13,29H,4-5,8-9,14-18H2,1-3H3,(H2,25,26,27). The zero-order valence-electron chi connectivity index (χ0n) is 18.6. The molecule has 0 saturated carbocycles. The van der Waals surface area contributed by atoms with Crippen LogP contribution in [0.25, 0.3) is 0 Å². The Kier molecular flexibility index (Phi) is 7.94. The van der Waals surface area contributed by atoms with E-state index in [4.69, 9.17) is 9.41 Å². The monoisotopic (exact) mass is 412 g/mol. The molecule has 1 unspecified atom stereocenters. The lowest BCUT2D eigenvalue weighted by atomic mass is 10.0. The molecule has 0 spiro atoms. The number of nitrogens with zero attached hydrogens (tertiary/aromatic N) is 2. The van der Waals surface area contributed by atoms with Gasteiger partial charge in [0.25, 0.3) is 0 Å². The predicted molar refractivity (Wildman–Crippen MR) is 121 cm³/mol. The Morgan fingerprint density at radius 1 is 1.10 bits per heavy atom. The molecule has 3 rings (SSSR count). The molecule has 1 saturated heterocycles. The van der Waals surface area contributed by atoms with Crippen LogP contribution in [0.4, 0.5) is 0 Å². The number of piperidine rings is 1.